The van der Waals surface area contributed by atoms with Gasteiger partial charge in [0.2, 0.25) is 0 Å². The molecule has 0 spiro atoms. The smallest absolute Gasteiger partial charge is 0.305 e. The molecule has 0 N–H and O–H groups in total. The number of esters is 1. The molecule has 32 heavy (non-hydrogen) atoms. The summed E-state index contributed by atoms with van der Waals surface area (Å²) < 4.78 is 9.95. The SMILES string of the molecule is CCOC(=O)CCCc1c(Cn2cnnc2)nn2c(CC)ccc2c1-c1cncc(Br)c1. The number of hydrogen-bond acceptors (Lipinski definition) is 6. The highest BCUT2D eigenvalue weighted by Crippen LogP contribution is 2.33. The highest BCUT2D eigenvalue weighted by Gasteiger charge is 2.20. The van der Waals surface area contributed by atoms with Crippen LogP contribution >= 0.6 is 15.9 Å². The molecule has 0 aliphatic carbocycles. The third kappa shape index (κ3) is 4.72. The topological polar surface area (TPSA) is 87.2 Å². The van der Waals surface area contributed by atoms with Crippen LogP contribution in [0.4, 0.5) is 0 Å². The summed E-state index contributed by atoms with van der Waals surface area (Å²) in [6.07, 6.45) is 9.60. The summed E-state index contributed by atoms with van der Waals surface area (Å²) in [5.41, 5.74) is 6.26. The molecule has 4 aromatic heterocycles. The molecule has 0 aliphatic rings. The van der Waals surface area contributed by atoms with Gasteiger partial charge < -0.3 is 9.30 Å². The molecule has 0 bridgehead atoms. The average Bonchev–Trinajstić information content (AvgIpc) is 3.43. The molecule has 0 amide bonds. The zero-order valence-electron chi connectivity index (χ0n) is 18.2. The molecule has 4 rings (SSSR count). The first kappa shape index (κ1) is 22.1. The minimum atomic E-state index is -0.177. The van der Waals surface area contributed by atoms with E-state index < -0.39 is 0 Å². The van der Waals surface area contributed by atoms with Crippen LogP contribution < -0.4 is 0 Å². The van der Waals surface area contributed by atoms with Crippen molar-refractivity contribution >= 4 is 27.4 Å². The molecule has 0 atom stereocenters. The second-order valence-electron chi connectivity index (χ2n) is 7.46. The summed E-state index contributed by atoms with van der Waals surface area (Å²) in [4.78, 5) is 16.3. The predicted molar refractivity (Wildman–Crippen MR) is 124 cm³/mol. The maximum Gasteiger partial charge on any atom is 0.305 e. The van der Waals surface area contributed by atoms with Crippen molar-refractivity contribution in [1.29, 1.82) is 0 Å². The van der Waals surface area contributed by atoms with E-state index in [0.29, 0.717) is 32.4 Å². The lowest BCUT2D eigenvalue weighted by atomic mass is 9.95. The van der Waals surface area contributed by atoms with Crippen LogP contribution in [0.25, 0.3) is 16.6 Å². The number of rotatable bonds is 9. The molecular weight excluding hydrogens is 472 g/mol. The number of fused-ring (bicyclic) bond motifs is 1. The lowest BCUT2D eigenvalue weighted by Gasteiger charge is -2.18. The fraction of sp³-hybridized carbons (Fsp3) is 0.348. The Morgan fingerprint density at radius 2 is 1.97 bits per heavy atom. The summed E-state index contributed by atoms with van der Waals surface area (Å²) in [5, 5.41) is 12.9. The van der Waals surface area contributed by atoms with Crippen molar-refractivity contribution in [3.63, 3.8) is 0 Å². The van der Waals surface area contributed by atoms with Crippen molar-refractivity contribution in [2.24, 2.45) is 0 Å². The zero-order valence-corrected chi connectivity index (χ0v) is 19.7. The van der Waals surface area contributed by atoms with Crippen molar-refractivity contribution in [2.45, 2.75) is 46.1 Å². The summed E-state index contributed by atoms with van der Waals surface area (Å²) in [6.45, 7) is 4.87. The van der Waals surface area contributed by atoms with Gasteiger partial charge in [-0.25, -0.2) is 4.52 Å². The Hall–Kier alpha value is -3.07. The van der Waals surface area contributed by atoms with Gasteiger partial charge >= 0.3 is 5.97 Å². The van der Waals surface area contributed by atoms with Crippen LogP contribution in [0.5, 0.6) is 0 Å². The van der Waals surface area contributed by atoms with Crippen molar-refractivity contribution < 1.29 is 9.53 Å². The van der Waals surface area contributed by atoms with Gasteiger partial charge in [-0.1, -0.05) is 6.92 Å². The van der Waals surface area contributed by atoms with Gasteiger partial charge in [0.1, 0.15) is 12.7 Å². The number of aromatic nitrogens is 6. The number of nitrogens with zero attached hydrogens (tertiary/aromatic N) is 6. The minimum Gasteiger partial charge on any atom is -0.466 e. The van der Waals surface area contributed by atoms with Gasteiger partial charge in [-0.2, -0.15) is 5.10 Å². The molecule has 0 fully saturated rings. The van der Waals surface area contributed by atoms with Crippen molar-refractivity contribution in [3.8, 4) is 11.1 Å². The van der Waals surface area contributed by atoms with Crippen LogP contribution in [0.3, 0.4) is 0 Å². The Morgan fingerprint density at radius 3 is 2.69 bits per heavy atom. The number of ether oxygens (including phenoxy) is 1. The molecule has 0 aliphatic heterocycles. The quantitative estimate of drug-likeness (QED) is 0.322. The van der Waals surface area contributed by atoms with E-state index in [1.165, 1.54) is 0 Å². The molecule has 0 radical (unpaired) electrons. The first-order chi connectivity index (χ1) is 15.6. The summed E-state index contributed by atoms with van der Waals surface area (Å²) in [5.74, 6) is -0.177. The van der Waals surface area contributed by atoms with Gasteiger partial charge in [-0.15, -0.1) is 10.2 Å². The van der Waals surface area contributed by atoms with Crippen LogP contribution in [0.2, 0.25) is 0 Å². The third-order valence-corrected chi connectivity index (χ3v) is 5.76. The van der Waals surface area contributed by atoms with Crippen LogP contribution in [0.15, 0.2) is 47.7 Å². The van der Waals surface area contributed by atoms with Gasteiger partial charge in [0.25, 0.3) is 0 Å². The van der Waals surface area contributed by atoms with E-state index in [9.17, 15) is 4.79 Å². The number of aryl methyl sites for hydroxylation is 1. The maximum atomic E-state index is 11.9. The minimum absolute atomic E-state index is 0.177. The van der Waals surface area contributed by atoms with Crippen molar-refractivity contribution in [2.75, 3.05) is 6.61 Å². The first-order valence-corrected chi connectivity index (χ1v) is 11.5. The average molecular weight is 497 g/mol. The van der Waals surface area contributed by atoms with E-state index in [4.69, 9.17) is 9.84 Å². The van der Waals surface area contributed by atoms with E-state index in [1.807, 2.05) is 22.2 Å². The Labute approximate surface area is 194 Å². The standard InChI is InChI=1S/C23H25BrN6O2/c1-3-18-8-9-21-23(16-10-17(24)12-25-11-16)19(6-5-7-22(31)32-4-2)20(28-30(18)21)13-29-14-26-27-15-29/h8-12,14-15H,3-7,13H2,1-2H3. The van der Waals surface area contributed by atoms with Crippen molar-refractivity contribution in [3.05, 3.63) is 64.7 Å². The Balaban J connectivity index is 1.86. The molecular formula is C23H25BrN6O2. The van der Waals surface area contributed by atoms with E-state index in [0.717, 1.165) is 44.5 Å². The fourth-order valence-corrected chi connectivity index (χ4v) is 4.28. The summed E-state index contributed by atoms with van der Waals surface area (Å²) in [6, 6.07) is 6.29. The van der Waals surface area contributed by atoms with Gasteiger partial charge in [0, 0.05) is 40.1 Å². The Kier molecular flexibility index (Phi) is 6.94. The second-order valence-corrected chi connectivity index (χ2v) is 8.38. The van der Waals surface area contributed by atoms with Crippen LogP contribution in [0.1, 0.15) is 43.6 Å². The second kappa shape index (κ2) is 10.0. The maximum absolute atomic E-state index is 11.9. The molecule has 4 aromatic rings. The number of carbonyl (C=O) groups is 1. The molecule has 0 unspecified atom stereocenters. The van der Waals surface area contributed by atoms with Crippen LogP contribution in [-0.4, -0.2) is 41.9 Å². The molecule has 0 saturated heterocycles. The van der Waals surface area contributed by atoms with E-state index in [-0.39, 0.29) is 5.97 Å². The zero-order chi connectivity index (χ0) is 22.5. The lowest BCUT2D eigenvalue weighted by molar-refractivity contribution is -0.143. The molecule has 8 nitrogen and oxygen atoms in total. The van der Waals surface area contributed by atoms with Crippen molar-refractivity contribution in [1.82, 2.24) is 29.4 Å². The van der Waals surface area contributed by atoms with Gasteiger partial charge in [0.05, 0.1) is 24.4 Å². The van der Waals surface area contributed by atoms with E-state index in [2.05, 4.69) is 56.2 Å². The number of pyridine rings is 1. The first-order valence-electron chi connectivity index (χ1n) is 10.7. The number of carbonyl (C=O) groups excluding carboxylic acids is 1. The molecule has 4 heterocycles. The highest BCUT2D eigenvalue weighted by atomic mass is 79.9. The van der Waals surface area contributed by atoms with Gasteiger partial charge in [0.15, 0.2) is 0 Å². The van der Waals surface area contributed by atoms with Gasteiger partial charge in [-0.05, 0) is 65.9 Å². The van der Waals surface area contributed by atoms with Crippen LogP contribution in [-0.2, 0) is 28.9 Å². The highest BCUT2D eigenvalue weighted by molar-refractivity contribution is 9.10. The Bertz CT molecular complexity index is 1220. The van der Waals surface area contributed by atoms with E-state index in [1.54, 1.807) is 18.9 Å². The monoisotopic (exact) mass is 496 g/mol. The normalized spacial score (nSPS) is 11.2. The lowest BCUT2D eigenvalue weighted by Crippen LogP contribution is -2.12. The molecule has 166 valence electrons. The summed E-state index contributed by atoms with van der Waals surface area (Å²) >= 11 is 3.56. The predicted octanol–water partition coefficient (Wildman–Crippen LogP) is 4.25. The number of halogens is 1. The molecule has 9 heteroatoms. The molecule has 0 saturated carbocycles. The third-order valence-electron chi connectivity index (χ3n) is 5.33. The fourth-order valence-electron chi connectivity index (χ4n) is 3.91. The largest absolute Gasteiger partial charge is 0.466 e. The summed E-state index contributed by atoms with van der Waals surface area (Å²) in [7, 11) is 0. The Morgan fingerprint density at radius 1 is 1.16 bits per heavy atom. The van der Waals surface area contributed by atoms with Crippen LogP contribution in [0, 0.1) is 0 Å². The van der Waals surface area contributed by atoms with Gasteiger partial charge in [-0.3, -0.25) is 9.78 Å². The number of hydrogen-bond donors (Lipinski definition) is 0. The van der Waals surface area contributed by atoms with E-state index >= 15 is 0 Å². The molecule has 0 aromatic carbocycles.